The van der Waals surface area contributed by atoms with Crippen molar-refractivity contribution in [1.29, 1.82) is 0 Å². The minimum Gasteiger partial charge on any atom is -0.311 e. The number of hydrogen-bond donors (Lipinski definition) is 0. The third-order valence-electron chi connectivity index (χ3n) is 3.58. The van der Waals surface area contributed by atoms with Crippen LogP contribution in [0, 0.1) is 0 Å². The molecule has 2 heteroatoms. The van der Waals surface area contributed by atoms with E-state index < -0.39 is 0 Å². The molecule has 0 fully saturated rings. The van der Waals surface area contributed by atoms with Gasteiger partial charge in [-0.3, -0.25) is 0 Å². The number of hydrogen-bond acceptors (Lipinski definition) is 1. The number of nitrogens with zero attached hydrogens (tertiary/aromatic N) is 1. The molecule has 0 saturated carbocycles. The number of alkyl halides is 1. The Morgan fingerprint density at radius 3 is 1.61 bits per heavy atom. The monoisotopic (exact) mass is 363 g/mol. The molecular formula is C21H18BrN. The summed E-state index contributed by atoms with van der Waals surface area (Å²) in [5.74, 6) is 0. The molecule has 0 aliphatic rings. The minimum atomic E-state index is 0.870. The second-order valence-corrected chi connectivity index (χ2v) is 5.80. The quantitative estimate of drug-likeness (QED) is 0.463. The fraction of sp³-hybridized carbons (Fsp3) is 0.0476. The summed E-state index contributed by atoms with van der Waals surface area (Å²) in [5, 5.41) is 0.870. The van der Waals surface area contributed by atoms with Gasteiger partial charge in [-0.25, -0.2) is 0 Å². The van der Waals surface area contributed by atoms with Crippen molar-refractivity contribution in [3.63, 3.8) is 0 Å². The lowest BCUT2D eigenvalue weighted by atomic mass is 10.1. The van der Waals surface area contributed by atoms with Gasteiger partial charge in [0.1, 0.15) is 0 Å². The standard InChI is InChI=1S/C21H18BrN/c22-17-7-8-18-13-15-21(16-14-18)23(19-9-3-1-4-10-19)20-11-5-2-6-12-20/h1-16H,17H2. The van der Waals surface area contributed by atoms with E-state index in [2.05, 4.69) is 106 Å². The van der Waals surface area contributed by atoms with E-state index in [1.165, 1.54) is 5.56 Å². The van der Waals surface area contributed by atoms with Crippen LogP contribution in [0.2, 0.25) is 0 Å². The van der Waals surface area contributed by atoms with Gasteiger partial charge >= 0.3 is 0 Å². The summed E-state index contributed by atoms with van der Waals surface area (Å²) < 4.78 is 0. The second-order valence-electron chi connectivity index (χ2n) is 5.15. The first kappa shape index (κ1) is 15.6. The SMILES string of the molecule is BrCC=Cc1ccc(N(c2ccccc2)c2ccccc2)cc1. The highest BCUT2D eigenvalue weighted by Crippen LogP contribution is 2.34. The normalized spacial score (nSPS) is 10.8. The highest BCUT2D eigenvalue weighted by molar-refractivity contribution is 9.09. The Morgan fingerprint density at radius 2 is 1.13 bits per heavy atom. The minimum absolute atomic E-state index is 0.870. The number of benzene rings is 3. The van der Waals surface area contributed by atoms with E-state index in [1.807, 2.05) is 12.1 Å². The maximum atomic E-state index is 3.41. The summed E-state index contributed by atoms with van der Waals surface area (Å²) in [5.41, 5.74) is 4.66. The summed E-state index contributed by atoms with van der Waals surface area (Å²) in [6, 6.07) is 29.5. The van der Waals surface area contributed by atoms with Crippen molar-refractivity contribution >= 4 is 39.1 Å². The smallest absolute Gasteiger partial charge is 0.0462 e. The van der Waals surface area contributed by atoms with Crippen LogP contribution < -0.4 is 4.90 Å². The van der Waals surface area contributed by atoms with Crippen LogP contribution in [0.5, 0.6) is 0 Å². The van der Waals surface area contributed by atoms with E-state index in [-0.39, 0.29) is 0 Å². The predicted octanol–water partition coefficient (Wildman–Crippen LogP) is 6.56. The molecular weight excluding hydrogens is 346 g/mol. The fourth-order valence-electron chi connectivity index (χ4n) is 2.52. The molecule has 0 atom stereocenters. The highest BCUT2D eigenvalue weighted by Gasteiger charge is 2.10. The zero-order chi connectivity index (χ0) is 15.9. The molecule has 3 aromatic rings. The molecule has 3 rings (SSSR count). The van der Waals surface area contributed by atoms with Crippen LogP contribution in [0.25, 0.3) is 6.08 Å². The molecule has 0 aromatic heterocycles. The van der Waals surface area contributed by atoms with Crippen molar-refractivity contribution in [3.8, 4) is 0 Å². The van der Waals surface area contributed by atoms with Crippen LogP contribution in [-0.4, -0.2) is 5.33 Å². The first-order valence-corrected chi connectivity index (χ1v) is 8.73. The summed E-state index contributed by atoms with van der Waals surface area (Å²) in [7, 11) is 0. The maximum Gasteiger partial charge on any atom is 0.0462 e. The van der Waals surface area contributed by atoms with E-state index in [1.54, 1.807) is 0 Å². The van der Waals surface area contributed by atoms with Crippen molar-refractivity contribution in [3.05, 3.63) is 96.6 Å². The van der Waals surface area contributed by atoms with Crippen LogP contribution >= 0.6 is 15.9 Å². The molecule has 0 unspecified atom stereocenters. The zero-order valence-corrected chi connectivity index (χ0v) is 14.4. The molecule has 0 bridgehead atoms. The lowest BCUT2D eigenvalue weighted by Crippen LogP contribution is -2.09. The van der Waals surface area contributed by atoms with Crippen molar-refractivity contribution in [2.45, 2.75) is 0 Å². The molecule has 0 aliphatic heterocycles. The first-order valence-electron chi connectivity index (χ1n) is 7.61. The molecule has 3 aromatic carbocycles. The van der Waals surface area contributed by atoms with Crippen LogP contribution in [0.15, 0.2) is 91.0 Å². The molecule has 0 amide bonds. The largest absolute Gasteiger partial charge is 0.311 e. The van der Waals surface area contributed by atoms with Gasteiger partial charge < -0.3 is 4.90 Å². The molecule has 0 aliphatic carbocycles. The van der Waals surface area contributed by atoms with Crippen molar-refractivity contribution in [2.75, 3.05) is 10.2 Å². The zero-order valence-electron chi connectivity index (χ0n) is 12.8. The van der Waals surface area contributed by atoms with Crippen LogP contribution in [-0.2, 0) is 0 Å². The Morgan fingerprint density at radius 1 is 0.652 bits per heavy atom. The lowest BCUT2D eigenvalue weighted by molar-refractivity contribution is 1.28. The van der Waals surface area contributed by atoms with Gasteiger partial charge in [-0.1, -0.05) is 76.6 Å². The number of halogens is 1. The van der Waals surface area contributed by atoms with E-state index in [9.17, 15) is 0 Å². The Balaban J connectivity index is 2.00. The van der Waals surface area contributed by atoms with Gasteiger partial charge in [0.25, 0.3) is 0 Å². The average molecular weight is 364 g/mol. The maximum absolute atomic E-state index is 3.41. The molecule has 1 nitrogen and oxygen atoms in total. The van der Waals surface area contributed by atoms with E-state index in [0.29, 0.717) is 0 Å². The Kier molecular flexibility index (Phi) is 5.28. The molecule has 23 heavy (non-hydrogen) atoms. The van der Waals surface area contributed by atoms with Crippen molar-refractivity contribution in [1.82, 2.24) is 0 Å². The predicted molar refractivity (Wildman–Crippen MR) is 104 cm³/mol. The molecule has 0 saturated heterocycles. The summed E-state index contributed by atoms with van der Waals surface area (Å²) in [6.45, 7) is 0. The van der Waals surface area contributed by atoms with Crippen molar-refractivity contribution in [2.24, 2.45) is 0 Å². The van der Waals surface area contributed by atoms with Gasteiger partial charge in [0.2, 0.25) is 0 Å². The number of allylic oxidation sites excluding steroid dienone is 1. The van der Waals surface area contributed by atoms with Gasteiger partial charge in [0.15, 0.2) is 0 Å². The molecule has 0 spiro atoms. The highest BCUT2D eigenvalue weighted by atomic mass is 79.9. The van der Waals surface area contributed by atoms with Crippen molar-refractivity contribution < 1.29 is 0 Å². The summed E-state index contributed by atoms with van der Waals surface area (Å²) in [4.78, 5) is 2.26. The molecule has 0 N–H and O–H groups in total. The molecule has 0 heterocycles. The van der Waals surface area contributed by atoms with Crippen LogP contribution in [0.3, 0.4) is 0 Å². The van der Waals surface area contributed by atoms with E-state index in [0.717, 1.165) is 22.4 Å². The van der Waals surface area contributed by atoms with Gasteiger partial charge in [-0.05, 0) is 42.0 Å². The topological polar surface area (TPSA) is 3.24 Å². The lowest BCUT2D eigenvalue weighted by Gasteiger charge is -2.25. The van der Waals surface area contributed by atoms with Gasteiger partial charge in [0, 0.05) is 22.4 Å². The Labute approximate surface area is 146 Å². The second kappa shape index (κ2) is 7.80. The van der Waals surface area contributed by atoms with Gasteiger partial charge in [0.05, 0.1) is 0 Å². The molecule has 114 valence electrons. The third-order valence-corrected chi connectivity index (χ3v) is 3.95. The Bertz CT molecular complexity index is 709. The Hall–Kier alpha value is -2.32. The van der Waals surface area contributed by atoms with Crippen LogP contribution in [0.1, 0.15) is 5.56 Å². The summed E-state index contributed by atoms with van der Waals surface area (Å²) in [6.07, 6.45) is 4.22. The van der Waals surface area contributed by atoms with Gasteiger partial charge in [-0.15, -0.1) is 0 Å². The van der Waals surface area contributed by atoms with E-state index >= 15 is 0 Å². The summed E-state index contributed by atoms with van der Waals surface area (Å²) >= 11 is 3.41. The van der Waals surface area contributed by atoms with Crippen LogP contribution in [0.4, 0.5) is 17.1 Å². The van der Waals surface area contributed by atoms with E-state index in [4.69, 9.17) is 0 Å². The average Bonchev–Trinajstić information content (AvgIpc) is 2.63. The van der Waals surface area contributed by atoms with Gasteiger partial charge in [-0.2, -0.15) is 0 Å². The number of rotatable bonds is 5. The number of anilines is 3. The fourth-order valence-corrected chi connectivity index (χ4v) is 2.70. The first-order chi connectivity index (χ1) is 11.4. The third kappa shape index (κ3) is 3.91. The molecule has 0 radical (unpaired) electrons. The number of para-hydroxylation sites is 2.